The molecule has 0 aliphatic carbocycles. The van der Waals surface area contributed by atoms with Crippen molar-refractivity contribution < 1.29 is 13.9 Å². The van der Waals surface area contributed by atoms with E-state index in [4.69, 9.17) is 13.9 Å². The van der Waals surface area contributed by atoms with Crippen molar-refractivity contribution in [3.8, 4) is 5.75 Å². The van der Waals surface area contributed by atoms with Gasteiger partial charge in [-0.25, -0.2) is 0 Å². The summed E-state index contributed by atoms with van der Waals surface area (Å²) in [5, 5.41) is 1.06. The van der Waals surface area contributed by atoms with Crippen LogP contribution in [0, 0.1) is 13.8 Å². The van der Waals surface area contributed by atoms with E-state index in [1.165, 1.54) is 0 Å². The summed E-state index contributed by atoms with van der Waals surface area (Å²) in [5.41, 5.74) is 3.22. The van der Waals surface area contributed by atoms with Gasteiger partial charge in [0.25, 0.3) is 0 Å². The molecule has 1 fully saturated rings. The van der Waals surface area contributed by atoms with Crippen LogP contribution < -0.4 is 4.74 Å². The van der Waals surface area contributed by atoms with Crippen molar-refractivity contribution in [1.29, 1.82) is 0 Å². The maximum Gasteiger partial charge on any atom is 0.140 e. The molecule has 1 unspecified atom stereocenters. The lowest BCUT2D eigenvalue weighted by Gasteiger charge is -2.14. The van der Waals surface area contributed by atoms with Crippen LogP contribution in [-0.2, 0) is 4.74 Å². The molecule has 1 aromatic carbocycles. The number of hydrogen-bond donors (Lipinski definition) is 0. The Morgan fingerprint density at radius 3 is 3.00 bits per heavy atom. The smallest absolute Gasteiger partial charge is 0.140 e. The van der Waals surface area contributed by atoms with E-state index in [1.54, 1.807) is 6.26 Å². The summed E-state index contributed by atoms with van der Waals surface area (Å²) >= 11 is 0. The van der Waals surface area contributed by atoms with Gasteiger partial charge in [0.15, 0.2) is 0 Å². The van der Waals surface area contributed by atoms with Crippen LogP contribution in [0.1, 0.15) is 24.0 Å². The summed E-state index contributed by atoms with van der Waals surface area (Å²) in [6.07, 6.45) is 4.20. The Labute approximate surface area is 107 Å². The summed E-state index contributed by atoms with van der Waals surface area (Å²) in [4.78, 5) is 0. The van der Waals surface area contributed by atoms with E-state index in [9.17, 15) is 0 Å². The highest BCUT2D eigenvalue weighted by Gasteiger charge is 2.18. The standard InChI is InChI=1S/C15H18O3/c1-10-8-11(2)15(13-5-7-17-14(10)13)18-9-12-4-3-6-16-12/h5,7-8,12H,3-4,6,9H2,1-2H3. The van der Waals surface area contributed by atoms with Crippen LogP contribution in [0.4, 0.5) is 0 Å². The van der Waals surface area contributed by atoms with E-state index in [-0.39, 0.29) is 6.10 Å². The maximum absolute atomic E-state index is 5.96. The van der Waals surface area contributed by atoms with E-state index in [1.807, 2.05) is 6.07 Å². The fourth-order valence-electron chi connectivity index (χ4n) is 2.61. The Morgan fingerprint density at radius 1 is 1.33 bits per heavy atom. The molecule has 3 rings (SSSR count). The first-order chi connectivity index (χ1) is 8.75. The fourth-order valence-corrected chi connectivity index (χ4v) is 2.61. The van der Waals surface area contributed by atoms with E-state index in [0.29, 0.717) is 6.61 Å². The van der Waals surface area contributed by atoms with Gasteiger partial charge >= 0.3 is 0 Å². The average Bonchev–Trinajstić information content (AvgIpc) is 2.98. The molecule has 2 aromatic rings. The average molecular weight is 246 g/mol. The molecule has 1 aromatic heterocycles. The molecule has 18 heavy (non-hydrogen) atoms. The third-order valence-corrected chi connectivity index (χ3v) is 3.50. The van der Waals surface area contributed by atoms with Crippen LogP contribution in [0.3, 0.4) is 0 Å². The summed E-state index contributed by atoms with van der Waals surface area (Å²) in [7, 11) is 0. The minimum Gasteiger partial charge on any atom is -0.490 e. The van der Waals surface area contributed by atoms with Crippen LogP contribution in [0.25, 0.3) is 11.0 Å². The van der Waals surface area contributed by atoms with Gasteiger partial charge in [0.2, 0.25) is 0 Å². The number of ether oxygens (including phenoxy) is 2. The Balaban J connectivity index is 1.88. The van der Waals surface area contributed by atoms with Crippen LogP contribution >= 0.6 is 0 Å². The molecular formula is C15H18O3. The van der Waals surface area contributed by atoms with Gasteiger partial charge in [0.1, 0.15) is 17.9 Å². The molecular weight excluding hydrogens is 228 g/mol. The van der Waals surface area contributed by atoms with Crippen LogP contribution in [0.5, 0.6) is 5.75 Å². The molecule has 0 bridgehead atoms. The first-order valence-electron chi connectivity index (χ1n) is 6.47. The van der Waals surface area contributed by atoms with Crippen molar-refractivity contribution >= 4 is 11.0 Å². The molecule has 0 radical (unpaired) electrons. The number of benzene rings is 1. The molecule has 0 N–H and O–H groups in total. The van der Waals surface area contributed by atoms with Gasteiger partial charge in [-0.2, -0.15) is 0 Å². The Kier molecular flexibility index (Phi) is 3.00. The summed E-state index contributed by atoms with van der Waals surface area (Å²) in [6.45, 7) is 5.62. The zero-order valence-corrected chi connectivity index (χ0v) is 10.9. The maximum atomic E-state index is 5.96. The highest BCUT2D eigenvalue weighted by atomic mass is 16.5. The largest absolute Gasteiger partial charge is 0.490 e. The van der Waals surface area contributed by atoms with Crippen LogP contribution in [-0.4, -0.2) is 19.3 Å². The lowest BCUT2D eigenvalue weighted by molar-refractivity contribution is 0.0682. The van der Waals surface area contributed by atoms with Gasteiger partial charge in [0.05, 0.1) is 17.8 Å². The van der Waals surface area contributed by atoms with Gasteiger partial charge in [-0.05, 0) is 49.9 Å². The molecule has 0 saturated carbocycles. The van der Waals surface area contributed by atoms with E-state index in [0.717, 1.165) is 47.3 Å². The summed E-state index contributed by atoms with van der Waals surface area (Å²) in [5.74, 6) is 0.930. The predicted molar refractivity (Wildman–Crippen MR) is 70.2 cm³/mol. The first kappa shape index (κ1) is 11.6. The Morgan fingerprint density at radius 2 is 2.22 bits per heavy atom. The van der Waals surface area contributed by atoms with Crippen molar-refractivity contribution in [3.05, 3.63) is 29.5 Å². The van der Waals surface area contributed by atoms with Crippen molar-refractivity contribution in [2.75, 3.05) is 13.2 Å². The van der Waals surface area contributed by atoms with Crippen molar-refractivity contribution in [1.82, 2.24) is 0 Å². The number of hydrogen-bond acceptors (Lipinski definition) is 3. The van der Waals surface area contributed by atoms with Gasteiger partial charge in [-0.3, -0.25) is 0 Å². The topological polar surface area (TPSA) is 31.6 Å². The summed E-state index contributed by atoms with van der Waals surface area (Å²) < 4.78 is 17.1. The second-order valence-corrected chi connectivity index (χ2v) is 4.95. The van der Waals surface area contributed by atoms with Gasteiger partial charge in [-0.15, -0.1) is 0 Å². The van der Waals surface area contributed by atoms with E-state index < -0.39 is 0 Å². The van der Waals surface area contributed by atoms with Crippen LogP contribution in [0.2, 0.25) is 0 Å². The quantitative estimate of drug-likeness (QED) is 0.829. The fraction of sp³-hybridized carbons (Fsp3) is 0.467. The van der Waals surface area contributed by atoms with Crippen molar-refractivity contribution in [3.63, 3.8) is 0 Å². The molecule has 3 nitrogen and oxygen atoms in total. The third kappa shape index (κ3) is 1.99. The second-order valence-electron chi connectivity index (χ2n) is 4.95. The molecule has 96 valence electrons. The zero-order chi connectivity index (χ0) is 12.5. The molecule has 0 amide bonds. The number of fused-ring (bicyclic) bond motifs is 1. The van der Waals surface area contributed by atoms with Gasteiger partial charge in [-0.1, -0.05) is 0 Å². The normalized spacial score (nSPS) is 19.6. The second kappa shape index (κ2) is 4.65. The Bertz CT molecular complexity index is 550. The SMILES string of the molecule is Cc1cc(C)c2occc2c1OCC1CCCO1. The number of aryl methyl sites for hydroxylation is 2. The molecule has 1 atom stereocenters. The zero-order valence-electron chi connectivity index (χ0n) is 10.9. The molecule has 1 aliphatic rings. The highest BCUT2D eigenvalue weighted by Crippen LogP contribution is 2.33. The summed E-state index contributed by atoms with van der Waals surface area (Å²) in [6, 6.07) is 4.08. The predicted octanol–water partition coefficient (Wildman–Crippen LogP) is 3.61. The minimum absolute atomic E-state index is 0.243. The minimum atomic E-state index is 0.243. The lowest BCUT2D eigenvalue weighted by Crippen LogP contribution is -2.16. The van der Waals surface area contributed by atoms with E-state index >= 15 is 0 Å². The lowest BCUT2D eigenvalue weighted by atomic mass is 10.1. The number of furan rings is 1. The van der Waals surface area contributed by atoms with Gasteiger partial charge < -0.3 is 13.9 Å². The molecule has 2 heterocycles. The van der Waals surface area contributed by atoms with Crippen LogP contribution in [0.15, 0.2) is 22.8 Å². The first-order valence-corrected chi connectivity index (χ1v) is 6.47. The number of rotatable bonds is 3. The van der Waals surface area contributed by atoms with E-state index in [2.05, 4.69) is 19.9 Å². The molecule has 3 heteroatoms. The van der Waals surface area contributed by atoms with Crippen molar-refractivity contribution in [2.24, 2.45) is 0 Å². The van der Waals surface area contributed by atoms with Gasteiger partial charge in [0, 0.05) is 6.61 Å². The third-order valence-electron chi connectivity index (χ3n) is 3.50. The Hall–Kier alpha value is -1.48. The highest BCUT2D eigenvalue weighted by molar-refractivity contribution is 5.88. The molecule has 1 aliphatic heterocycles. The monoisotopic (exact) mass is 246 g/mol. The molecule has 1 saturated heterocycles. The van der Waals surface area contributed by atoms with Crippen molar-refractivity contribution in [2.45, 2.75) is 32.8 Å². The molecule has 0 spiro atoms.